The van der Waals surface area contributed by atoms with Gasteiger partial charge < -0.3 is 10.6 Å². The first-order valence-electron chi connectivity index (χ1n) is 5.74. The summed E-state index contributed by atoms with van der Waals surface area (Å²) in [6.07, 6.45) is 0. The van der Waals surface area contributed by atoms with E-state index >= 15 is 0 Å². The van der Waals surface area contributed by atoms with Crippen LogP contribution in [0.2, 0.25) is 5.02 Å². The lowest BCUT2D eigenvalue weighted by Gasteiger charge is -2.20. The molecule has 0 aliphatic carbocycles. The third kappa shape index (κ3) is 2.85. The molecule has 19 heavy (non-hydrogen) atoms. The van der Waals surface area contributed by atoms with Crippen LogP contribution in [0, 0.1) is 0 Å². The number of nitrogen functional groups attached to an aromatic ring is 1. The fraction of sp³-hybridized carbons (Fsp3) is 0.250. The summed E-state index contributed by atoms with van der Waals surface area (Å²) in [5.74, 6) is -0.344. The zero-order valence-electron chi connectivity index (χ0n) is 10.3. The molecule has 0 bridgehead atoms. The highest BCUT2D eigenvalue weighted by molar-refractivity contribution is 6.31. The lowest BCUT2D eigenvalue weighted by Crippen LogP contribution is -2.31. The molecule has 1 heterocycles. The summed E-state index contributed by atoms with van der Waals surface area (Å²) < 4.78 is 4.44. The largest absolute Gasteiger partial charge is 0.379 e. The summed E-state index contributed by atoms with van der Waals surface area (Å²) in [6.45, 7) is 2.73. The van der Waals surface area contributed by atoms with E-state index in [9.17, 15) is 4.79 Å². The Balaban J connectivity index is 2.20. The standard InChI is InChI=1S/C12H13ClN4O2/c1-2-17(7-8-5-3-4-6-9(8)13)12(18)10-11(14)16-19-15-10/h3-6H,2,7H2,1H3,(H2,14,16). The second-order valence-electron chi connectivity index (χ2n) is 3.91. The summed E-state index contributed by atoms with van der Waals surface area (Å²) >= 11 is 6.08. The number of rotatable bonds is 4. The van der Waals surface area contributed by atoms with E-state index in [4.69, 9.17) is 17.3 Å². The van der Waals surface area contributed by atoms with E-state index in [1.807, 2.05) is 25.1 Å². The van der Waals surface area contributed by atoms with Crippen molar-refractivity contribution in [3.05, 3.63) is 40.5 Å². The molecular weight excluding hydrogens is 268 g/mol. The normalized spacial score (nSPS) is 10.4. The summed E-state index contributed by atoms with van der Waals surface area (Å²) in [5.41, 5.74) is 6.39. The fourth-order valence-electron chi connectivity index (χ4n) is 1.65. The van der Waals surface area contributed by atoms with E-state index in [0.717, 1.165) is 5.56 Å². The maximum atomic E-state index is 12.2. The average Bonchev–Trinajstić information content (AvgIpc) is 2.83. The SMILES string of the molecule is CCN(Cc1ccccc1Cl)C(=O)c1nonc1N. The van der Waals surface area contributed by atoms with Crippen LogP contribution in [-0.2, 0) is 6.54 Å². The van der Waals surface area contributed by atoms with Crippen LogP contribution in [0.1, 0.15) is 23.0 Å². The second-order valence-corrected chi connectivity index (χ2v) is 4.32. The smallest absolute Gasteiger partial charge is 0.280 e. The lowest BCUT2D eigenvalue weighted by atomic mass is 10.2. The minimum Gasteiger partial charge on any atom is -0.379 e. The van der Waals surface area contributed by atoms with Crippen molar-refractivity contribution < 1.29 is 9.42 Å². The maximum absolute atomic E-state index is 12.2. The molecule has 0 saturated carbocycles. The van der Waals surface area contributed by atoms with Gasteiger partial charge in [0.15, 0.2) is 0 Å². The first-order chi connectivity index (χ1) is 9.13. The second kappa shape index (κ2) is 5.71. The third-order valence-corrected chi connectivity index (χ3v) is 3.07. The van der Waals surface area contributed by atoms with Gasteiger partial charge in [-0.15, -0.1) is 0 Å². The highest BCUT2D eigenvalue weighted by Gasteiger charge is 2.22. The van der Waals surface area contributed by atoms with Crippen molar-refractivity contribution in [3.63, 3.8) is 0 Å². The van der Waals surface area contributed by atoms with Crippen LogP contribution >= 0.6 is 11.6 Å². The zero-order valence-corrected chi connectivity index (χ0v) is 11.1. The minimum atomic E-state index is -0.332. The van der Waals surface area contributed by atoms with Gasteiger partial charge in [0, 0.05) is 18.1 Å². The topological polar surface area (TPSA) is 85.2 Å². The van der Waals surface area contributed by atoms with E-state index in [1.165, 1.54) is 0 Å². The molecule has 0 saturated heterocycles. The van der Waals surface area contributed by atoms with Crippen molar-refractivity contribution in [2.24, 2.45) is 0 Å². The van der Waals surface area contributed by atoms with Gasteiger partial charge in [-0.3, -0.25) is 4.79 Å². The molecule has 7 heteroatoms. The van der Waals surface area contributed by atoms with E-state index in [-0.39, 0.29) is 17.4 Å². The number of amides is 1. The van der Waals surface area contributed by atoms with E-state index in [1.54, 1.807) is 11.0 Å². The van der Waals surface area contributed by atoms with Gasteiger partial charge >= 0.3 is 0 Å². The zero-order chi connectivity index (χ0) is 13.8. The molecule has 2 rings (SSSR count). The third-order valence-electron chi connectivity index (χ3n) is 2.70. The van der Waals surface area contributed by atoms with Crippen molar-refractivity contribution in [2.45, 2.75) is 13.5 Å². The van der Waals surface area contributed by atoms with Crippen LogP contribution in [0.5, 0.6) is 0 Å². The Hall–Kier alpha value is -2.08. The maximum Gasteiger partial charge on any atom is 0.280 e. The predicted octanol–water partition coefficient (Wildman–Crippen LogP) is 1.97. The number of hydrogen-bond donors (Lipinski definition) is 1. The molecule has 0 aliphatic rings. The molecule has 0 aliphatic heterocycles. The van der Waals surface area contributed by atoms with Gasteiger partial charge in [0.05, 0.1) is 0 Å². The van der Waals surface area contributed by atoms with Crippen LogP contribution in [0.25, 0.3) is 0 Å². The molecule has 1 aromatic carbocycles. The molecular formula is C12H13ClN4O2. The molecule has 0 atom stereocenters. The minimum absolute atomic E-state index is 0.0115. The van der Waals surface area contributed by atoms with E-state index in [2.05, 4.69) is 14.9 Å². The number of benzene rings is 1. The lowest BCUT2D eigenvalue weighted by molar-refractivity contribution is 0.0742. The van der Waals surface area contributed by atoms with E-state index < -0.39 is 0 Å². The van der Waals surface area contributed by atoms with Gasteiger partial charge in [-0.2, -0.15) is 0 Å². The number of nitrogens with zero attached hydrogens (tertiary/aromatic N) is 3. The molecule has 0 spiro atoms. The van der Waals surface area contributed by atoms with Gasteiger partial charge in [-0.1, -0.05) is 29.8 Å². The molecule has 1 aromatic heterocycles. The molecule has 1 amide bonds. The number of nitrogens with two attached hydrogens (primary N) is 1. The summed E-state index contributed by atoms with van der Waals surface area (Å²) in [5, 5.41) is 7.52. The first-order valence-corrected chi connectivity index (χ1v) is 6.12. The Morgan fingerprint density at radius 3 is 2.74 bits per heavy atom. The number of halogens is 1. The van der Waals surface area contributed by atoms with Gasteiger partial charge in [0.2, 0.25) is 11.5 Å². The molecule has 2 aromatic rings. The highest BCUT2D eigenvalue weighted by Crippen LogP contribution is 2.18. The van der Waals surface area contributed by atoms with Crippen molar-refractivity contribution in [2.75, 3.05) is 12.3 Å². The monoisotopic (exact) mass is 280 g/mol. The highest BCUT2D eigenvalue weighted by atomic mass is 35.5. The van der Waals surface area contributed by atoms with Gasteiger partial charge in [-0.05, 0) is 28.9 Å². The Kier molecular flexibility index (Phi) is 4.01. The number of hydrogen-bond acceptors (Lipinski definition) is 5. The molecule has 2 N–H and O–H groups in total. The Labute approximate surface area is 115 Å². The Morgan fingerprint density at radius 1 is 1.42 bits per heavy atom. The van der Waals surface area contributed by atoms with Gasteiger partial charge in [-0.25, -0.2) is 4.63 Å². The molecule has 100 valence electrons. The summed E-state index contributed by atoms with van der Waals surface area (Å²) in [7, 11) is 0. The number of carbonyl (C=O) groups excluding carboxylic acids is 1. The van der Waals surface area contributed by atoms with Crippen LogP contribution < -0.4 is 5.73 Å². The number of aromatic nitrogens is 2. The average molecular weight is 281 g/mol. The van der Waals surface area contributed by atoms with Crippen LogP contribution in [0.3, 0.4) is 0 Å². The Bertz CT molecular complexity index is 585. The fourth-order valence-corrected chi connectivity index (χ4v) is 1.85. The van der Waals surface area contributed by atoms with Crippen molar-refractivity contribution in [1.82, 2.24) is 15.2 Å². The van der Waals surface area contributed by atoms with Crippen LogP contribution in [0.15, 0.2) is 28.9 Å². The van der Waals surface area contributed by atoms with Crippen molar-refractivity contribution >= 4 is 23.3 Å². The van der Waals surface area contributed by atoms with Crippen LogP contribution in [-0.4, -0.2) is 27.7 Å². The van der Waals surface area contributed by atoms with Gasteiger partial charge in [0.25, 0.3) is 5.91 Å². The Morgan fingerprint density at radius 2 is 2.16 bits per heavy atom. The number of carbonyl (C=O) groups is 1. The number of anilines is 1. The first kappa shape index (κ1) is 13.4. The molecule has 6 nitrogen and oxygen atoms in total. The molecule has 0 unspecified atom stereocenters. The van der Waals surface area contributed by atoms with Crippen LogP contribution in [0.4, 0.5) is 5.82 Å². The summed E-state index contributed by atoms with van der Waals surface area (Å²) in [4.78, 5) is 13.8. The van der Waals surface area contributed by atoms with Crippen molar-refractivity contribution in [1.29, 1.82) is 0 Å². The predicted molar refractivity (Wildman–Crippen MR) is 70.6 cm³/mol. The summed E-state index contributed by atoms with van der Waals surface area (Å²) in [6, 6.07) is 7.35. The quantitative estimate of drug-likeness (QED) is 0.925. The molecule has 0 radical (unpaired) electrons. The molecule has 0 fully saturated rings. The van der Waals surface area contributed by atoms with E-state index in [0.29, 0.717) is 18.1 Å². The van der Waals surface area contributed by atoms with Gasteiger partial charge in [0.1, 0.15) is 0 Å². The van der Waals surface area contributed by atoms with Crippen molar-refractivity contribution in [3.8, 4) is 0 Å².